The molecule has 0 aliphatic carbocycles. The molecule has 0 atom stereocenters. The molecule has 0 saturated heterocycles. The molecule has 0 aromatic carbocycles. The van der Waals surface area contributed by atoms with Gasteiger partial charge in [0.25, 0.3) is 0 Å². The van der Waals surface area contributed by atoms with Crippen LogP contribution in [0.2, 0.25) is 0 Å². The quantitative estimate of drug-likeness (QED) is 0.487. The second-order valence-electron chi connectivity index (χ2n) is 3.89. The molecule has 1 rings (SSSR count). The summed E-state index contributed by atoms with van der Waals surface area (Å²) in [6.45, 7) is 8.66. The molecule has 56 valence electrons. The summed E-state index contributed by atoms with van der Waals surface area (Å²) in [5, 5.41) is 0. The van der Waals surface area contributed by atoms with Crippen LogP contribution >= 0.6 is 0 Å². The lowest BCUT2D eigenvalue weighted by Crippen LogP contribution is -2.05. The summed E-state index contributed by atoms with van der Waals surface area (Å²) < 4.78 is 0. The average Bonchev–Trinajstić information content (AvgIpc) is 2.11. The Bertz CT molecular complexity index is 191. The maximum Gasteiger partial charge on any atom is 0.0420 e. The maximum absolute atomic E-state index is 4.44. The van der Waals surface area contributed by atoms with E-state index in [4.69, 9.17) is 0 Å². The summed E-state index contributed by atoms with van der Waals surface area (Å²) in [6.07, 6.45) is 3.27. The van der Waals surface area contributed by atoms with Crippen LogP contribution in [0.4, 0.5) is 0 Å². The van der Waals surface area contributed by atoms with Gasteiger partial charge in [-0.3, -0.25) is 4.99 Å². The Balaban J connectivity index is 2.77. The standard InChI is InChI=1S/C9H15N/c1-7-5-6-8(10-7)9(2,3)4/h6H,5H2,1-4H3. The zero-order chi connectivity index (χ0) is 7.78. The largest absolute Gasteiger partial charge is 0.262 e. The number of aliphatic imine (C=N–C) groups is 1. The van der Waals surface area contributed by atoms with Crippen LogP contribution < -0.4 is 0 Å². The average molecular weight is 137 g/mol. The highest BCUT2D eigenvalue weighted by Gasteiger charge is 2.18. The number of hydrogen-bond acceptors (Lipinski definition) is 1. The van der Waals surface area contributed by atoms with Crippen LogP contribution in [0.1, 0.15) is 34.1 Å². The molecule has 0 radical (unpaired) electrons. The first-order valence-corrected chi connectivity index (χ1v) is 3.75. The molecule has 0 bridgehead atoms. The van der Waals surface area contributed by atoms with Crippen LogP contribution in [-0.4, -0.2) is 5.71 Å². The molecule has 1 aliphatic heterocycles. The molecule has 0 aromatic heterocycles. The van der Waals surface area contributed by atoms with Gasteiger partial charge in [-0.1, -0.05) is 26.8 Å². The van der Waals surface area contributed by atoms with Gasteiger partial charge in [-0.2, -0.15) is 0 Å². The Labute approximate surface area is 62.9 Å². The first kappa shape index (κ1) is 7.52. The summed E-state index contributed by atoms with van der Waals surface area (Å²) in [5.41, 5.74) is 2.72. The second-order valence-corrected chi connectivity index (χ2v) is 3.89. The van der Waals surface area contributed by atoms with Gasteiger partial charge in [-0.25, -0.2) is 0 Å². The monoisotopic (exact) mass is 137 g/mol. The normalized spacial score (nSPS) is 18.8. The van der Waals surface area contributed by atoms with Gasteiger partial charge in [-0.05, 0) is 6.92 Å². The molecule has 1 heteroatoms. The number of nitrogens with zero attached hydrogens (tertiary/aromatic N) is 1. The SMILES string of the molecule is CC1=NC(C(C)(C)C)=CC1. The van der Waals surface area contributed by atoms with E-state index in [-0.39, 0.29) is 5.41 Å². The van der Waals surface area contributed by atoms with E-state index in [9.17, 15) is 0 Å². The fourth-order valence-corrected chi connectivity index (χ4v) is 1.02. The van der Waals surface area contributed by atoms with Crippen molar-refractivity contribution in [3.05, 3.63) is 11.8 Å². The Morgan fingerprint density at radius 2 is 2.00 bits per heavy atom. The second kappa shape index (κ2) is 2.22. The molecule has 1 nitrogen and oxygen atoms in total. The van der Waals surface area contributed by atoms with E-state index in [1.807, 2.05) is 0 Å². The molecular formula is C9H15N. The van der Waals surface area contributed by atoms with Gasteiger partial charge in [0.05, 0.1) is 0 Å². The van der Waals surface area contributed by atoms with Crippen LogP contribution in [0, 0.1) is 5.41 Å². The fourth-order valence-electron chi connectivity index (χ4n) is 1.02. The van der Waals surface area contributed by atoms with E-state index in [0.29, 0.717) is 0 Å². The maximum atomic E-state index is 4.44. The minimum atomic E-state index is 0.234. The van der Waals surface area contributed by atoms with Crippen molar-refractivity contribution < 1.29 is 0 Å². The molecule has 1 heterocycles. The Morgan fingerprint density at radius 3 is 2.20 bits per heavy atom. The highest BCUT2D eigenvalue weighted by Crippen LogP contribution is 2.29. The van der Waals surface area contributed by atoms with Crippen LogP contribution in [-0.2, 0) is 0 Å². The minimum Gasteiger partial charge on any atom is -0.262 e. The van der Waals surface area contributed by atoms with Crippen molar-refractivity contribution in [3.8, 4) is 0 Å². The molecule has 0 spiro atoms. The van der Waals surface area contributed by atoms with E-state index in [0.717, 1.165) is 6.42 Å². The fraction of sp³-hybridized carbons (Fsp3) is 0.667. The molecule has 1 aliphatic rings. The third-order valence-corrected chi connectivity index (χ3v) is 1.67. The van der Waals surface area contributed by atoms with Crippen LogP contribution in [0.25, 0.3) is 0 Å². The van der Waals surface area contributed by atoms with Gasteiger partial charge < -0.3 is 0 Å². The summed E-state index contributed by atoms with van der Waals surface area (Å²) in [7, 11) is 0. The molecule has 0 fully saturated rings. The van der Waals surface area contributed by atoms with E-state index in [1.165, 1.54) is 11.4 Å². The van der Waals surface area contributed by atoms with Crippen LogP contribution in [0.5, 0.6) is 0 Å². The van der Waals surface area contributed by atoms with E-state index in [2.05, 4.69) is 38.8 Å². The Kier molecular flexibility index (Phi) is 1.67. The minimum absolute atomic E-state index is 0.234. The van der Waals surface area contributed by atoms with E-state index in [1.54, 1.807) is 0 Å². The smallest absolute Gasteiger partial charge is 0.0420 e. The molecule has 0 N–H and O–H groups in total. The lowest BCUT2D eigenvalue weighted by molar-refractivity contribution is 0.500. The van der Waals surface area contributed by atoms with Crippen molar-refractivity contribution in [3.63, 3.8) is 0 Å². The Morgan fingerprint density at radius 1 is 1.40 bits per heavy atom. The van der Waals surface area contributed by atoms with Crippen molar-refractivity contribution >= 4 is 5.71 Å². The molecular weight excluding hydrogens is 122 g/mol. The summed E-state index contributed by atoms with van der Waals surface area (Å²) in [5.74, 6) is 0. The Hall–Kier alpha value is -0.590. The lowest BCUT2D eigenvalue weighted by Gasteiger charge is -2.16. The summed E-state index contributed by atoms with van der Waals surface area (Å²) in [6, 6.07) is 0. The predicted molar refractivity (Wildman–Crippen MR) is 45.3 cm³/mol. The number of hydrogen-bond donors (Lipinski definition) is 0. The van der Waals surface area contributed by atoms with E-state index >= 15 is 0 Å². The first-order valence-electron chi connectivity index (χ1n) is 3.75. The third-order valence-electron chi connectivity index (χ3n) is 1.67. The molecule has 0 saturated carbocycles. The molecule has 0 aromatic rings. The number of allylic oxidation sites excluding steroid dienone is 2. The van der Waals surface area contributed by atoms with Crippen LogP contribution in [0.15, 0.2) is 16.8 Å². The van der Waals surface area contributed by atoms with Crippen molar-refractivity contribution in [2.75, 3.05) is 0 Å². The van der Waals surface area contributed by atoms with Gasteiger partial charge >= 0.3 is 0 Å². The van der Waals surface area contributed by atoms with Gasteiger partial charge in [0.2, 0.25) is 0 Å². The summed E-state index contributed by atoms with van der Waals surface area (Å²) in [4.78, 5) is 4.44. The van der Waals surface area contributed by atoms with Gasteiger partial charge in [0.1, 0.15) is 0 Å². The highest BCUT2D eigenvalue weighted by molar-refractivity contribution is 5.86. The van der Waals surface area contributed by atoms with Crippen molar-refractivity contribution in [2.45, 2.75) is 34.1 Å². The van der Waals surface area contributed by atoms with Gasteiger partial charge in [0, 0.05) is 23.2 Å². The van der Waals surface area contributed by atoms with Crippen molar-refractivity contribution in [2.24, 2.45) is 10.4 Å². The summed E-state index contributed by atoms with van der Waals surface area (Å²) >= 11 is 0. The lowest BCUT2D eigenvalue weighted by atomic mass is 9.92. The highest BCUT2D eigenvalue weighted by atomic mass is 14.8. The molecule has 0 amide bonds. The predicted octanol–water partition coefficient (Wildman–Crippen LogP) is 2.78. The zero-order valence-corrected chi connectivity index (χ0v) is 7.23. The molecule has 10 heavy (non-hydrogen) atoms. The van der Waals surface area contributed by atoms with Crippen molar-refractivity contribution in [1.82, 2.24) is 0 Å². The van der Waals surface area contributed by atoms with Gasteiger partial charge in [0.15, 0.2) is 0 Å². The first-order chi connectivity index (χ1) is 4.50. The number of rotatable bonds is 0. The van der Waals surface area contributed by atoms with Gasteiger partial charge in [-0.15, -0.1) is 0 Å². The van der Waals surface area contributed by atoms with Crippen molar-refractivity contribution in [1.29, 1.82) is 0 Å². The molecule has 0 unspecified atom stereocenters. The zero-order valence-electron chi connectivity index (χ0n) is 7.23. The van der Waals surface area contributed by atoms with Crippen LogP contribution in [0.3, 0.4) is 0 Å². The topological polar surface area (TPSA) is 12.4 Å². The van der Waals surface area contributed by atoms with E-state index < -0.39 is 0 Å². The third kappa shape index (κ3) is 1.47.